The van der Waals surface area contributed by atoms with Crippen molar-refractivity contribution in [2.45, 2.75) is 32.7 Å². The van der Waals surface area contributed by atoms with Crippen LogP contribution in [0.1, 0.15) is 39.9 Å². The Hall–Kier alpha value is -3.16. The van der Waals surface area contributed by atoms with Gasteiger partial charge in [-0.2, -0.15) is 4.31 Å². The number of anilines is 2. The molecule has 1 saturated heterocycles. The first-order valence-corrected chi connectivity index (χ1v) is 14.0. The van der Waals surface area contributed by atoms with E-state index in [0.29, 0.717) is 19.5 Å². The number of likely N-dealkylation sites (tertiary alicyclic amines) is 1. The van der Waals surface area contributed by atoms with E-state index in [4.69, 9.17) is 0 Å². The van der Waals surface area contributed by atoms with Gasteiger partial charge in [0.1, 0.15) is 0 Å². The molecule has 2 aliphatic rings. The lowest BCUT2D eigenvalue weighted by Crippen LogP contribution is -2.35. The van der Waals surface area contributed by atoms with Crippen molar-refractivity contribution in [3.05, 3.63) is 82.9 Å². The molecule has 0 saturated carbocycles. The third-order valence-electron chi connectivity index (χ3n) is 7.03. The second-order valence-corrected chi connectivity index (χ2v) is 11.5. The Morgan fingerprint density at radius 2 is 1.71 bits per heavy atom. The highest BCUT2D eigenvalue weighted by molar-refractivity contribution is 7.88. The lowest BCUT2D eigenvalue weighted by molar-refractivity contribution is 0.0793. The number of amides is 1. The molecule has 35 heavy (non-hydrogen) atoms. The summed E-state index contributed by atoms with van der Waals surface area (Å²) in [6, 6.07) is 20.2. The Morgan fingerprint density at radius 1 is 0.943 bits per heavy atom. The Bertz CT molecular complexity index is 1380. The molecule has 5 rings (SSSR count). The Labute approximate surface area is 207 Å². The smallest absolute Gasteiger partial charge is 0.253 e. The summed E-state index contributed by atoms with van der Waals surface area (Å²) in [4.78, 5) is 14.9. The summed E-state index contributed by atoms with van der Waals surface area (Å²) in [6.07, 6.45) is 4.09. The average molecular weight is 490 g/mol. The molecule has 0 unspecified atom stereocenters. The summed E-state index contributed by atoms with van der Waals surface area (Å²) >= 11 is 0. The number of nitrogens with one attached hydrogen (secondary N) is 1. The molecular weight excluding hydrogens is 458 g/mol. The molecule has 0 aliphatic carbocycles. The van der Waals surface area contributed by atoms with Gasteiger partial charge in [-0.05, 0) is 84.3 Å². The van der Waals surface area contributed by atoms with Gasteiger partial charge in [-0.25, -0.2) is 8.42 Å². The molecule has 0 bridgehead atoms. The van der Waals surface area contributed by atoms with Crippen LogP contribution in [0, 0.1) is 6.92 Å². The molecule has 7 heteroatoms. The van der Waals surface area contributed by atoms with Crippen molar-refractivity contribution in [1.29, 1.82) is 0 Å². The number of fused-ring (bicyclic) bond motifs is 1. The first-order valence-electron chi connectivity index (χ1n) is 12.1. The minimum Gasteiger partial charge on any atom is -0.355 e. The van der Waals surface area contributed by atoms with Crippen molar-refractivity contribution in [2.75, 3.05) is 31.2 Å². The van der Waals surface area contributed by atoms with Crippen LogP contribution in [0.25, 0.3) is 11.1 Å². The summed E-state index contributed by atoms with van der Waals surface area (Å²) in [5.41, 5.74) is 8.13. The fourth-order valence-electron chi connectivity index (χ4n) is 5.07. The van der Waals surface area contributed by atoms with E-state index in [2.05, 4.69) is 36.5 Å². The van der Waals surface area contributed by atoms with Gasteiger partial charge in [-0.15, -0.1) is 0 Å². The molecular formula is C28H31N3O3S. The van der Waals surface area contributed by atoms with Crippen molar-refractivity contribution >= 4 is 27.3 Å². The minimum atomic E-state index is -3.21. The van der Waals surface area contributed by atoms with E-state index >= 15 is 0 Å². The van der Waals surface area contributed by atoms with Gasteiger partial charge in [-0.3, -0.25) is 4.79 Å². The predicted octanol–water partition coefficient (Wildman–Crippen LogP) is 4.96. The molecule has 2 heterocycles. The van der Waals surface area contributed by atoms with Crippen LogP contribution in [0.2, 0.25) is 0 Å². The van der Waals surface area contributed by atoms with Crippen LogP contribution in [0.4, 0.5) is 11.4 Å². The molecule has 3 aromatic rings. The van der Waals surface area contributed by atoms with Crippen molar-refractivity contribution in [3.63, 3.8) is 0 Å². The van der Waals surface area contributed by atoms with Crippen LogP contribution in [0.5, 0.6) is 0 Å². The predicted molar refractivity (Wildman–Crippen MR) is 140 cm³/mol. The number of hydrogen-bond acceptors (Lipinski definition) is 4. The highest BCUT2D eigenvalue weighted by atomic mass is 32.2. The summed E-state index contributed by atoms with van der Waals surface area (Å²) in [5, 5.41) is 3.56. The van der Waals surface area contributed by atoms with Gasteiger partial charge in [0.2, 0.25) is 10.0 Å². The van der Waals surface area contributed by atoms with E-state index < -0.39 is 10.0 Å². The van der Waals surface area contributed by atoms with E-state index in [9.17, 15) is 13.2 Å². The minimum absolute atomic E-state index is 0.107. The maximum absolute atomic E-state index is 12.9. The van der Waals surface area contributed by atoms with Gasteiger partial charge < -0.3 is 10.2 Å². The van der Waals surface area contributed by atoms with Crippen molar-refractivity contribution in [3.8, 4) is 11.1 Å². The van der Waals surface area contributed by atoms with Crippen LogP contribution in [-0.4, -0.2) is 49.4 Å². The van der Waals surface area contributed by atoms with Gasteiger partial charge in [-0.1, -0.05) is 30.3 Å². The zero-order chi connectivity index (χ0) is 24.6. The van der Waals surface area contributed by atoms with Gasteiger partial charge in [0.25, 0.3) is 5.91 Å². The molecule has 1 N–H and O–H groups in total. The Kier molecular flexibility index (Phi) is 6.38. The highest BCUT2D eigenvalue weighted by Crippen LogP contribution is 2.32. The third-order valence-corrected chi connectivity index (χ3v) is 8.28. The fraction of sp³-hybridized carbons (Fsp3) is 0.321. The molecule has 6 nitrogen and oxygen atoms in total. The molecule has 1 amide bonds. The number of benzene rings is 3. The number of hydrogen-bond donors (Lipinski definition) is 1. The molecule has 0 atom stereocenters. The van der Waals surface area contributed by atoms with Crippen molar-refractivity contribution in [2.24, 2.45) is 0 Å². The number of carbonyl (C=O) groups excluding carboxylic acids is 1. The SMILES string of the molecule is Cc1ccc(Nc2cccc3c2CCN(S(C)(=O)=O)C3)cc1-c1cccc(C(=O)N2CCCC2)c1. The van der Waals surface area contributed by atoms with E-state index in [0.717, 1.165) is 70.7 Å². The lowest BCUT2D eigenvalue weighted by Gasteiger charge is -2.28. The molecule has 3 aromatic carbocycles. The number of rotatable bonds is 5. The molecule has 0 aromatic heterocycles. The van der Waals surface area contributed by atoms with E-state index in [1.807, 2.05) is 41.3 Å². The van der Waals surface area contributed by atoms with Crippen LogP contribution < -0.4 is 5.32 Å². The molecule has 1 fully saturated rings. The van der Waals surface area contributed by atoms with Gasteiger partial charge in [0.05, 0.1) is 6.26 Å². The van der Waals surface area contributed by atoms with Gasteiger partial charge in [0, 0.05) is 43.1 Å². The average Bonchev–Trinajstić information content (AvgIpc) is 3.39. The highest BCUT2D eigenvalue weighted by Gasteiger charge is 2.25. The Morgan fingerprint density at radius 3 is 2.49 bits per heavy atom. The number of carbonyl (C=O) groups is 1. The monoisotopic (exact) mass is 489 g/mol. The van der Waals surface area contributed by atoms with Gasteiger partial charge >= 0.3 is 0 Å². The lowest BCUT2D eigenvalue weighted by atomic mass is 9.97. The van der Waals surface area contributed by atoms with Crippen LogP contribution in [0.15, 0.2) is 60.7 Å². The second-order valence-electron chi connectivity index (χ2n) is 9.52. The third kappa shape index (κ3) is 4.97. The van der Waals surface area contributed by atoms with Crippen LogP contribution in [-0.2, 0) is 23.0 Å². The summed E-state index contributed by atoms with van der Waals surface area (Å²) in [7, 11) is -3.21. The van der Waals surface area contributed by atoms with Crippen molar-refractivity contribution in [1.82, 2.24) is 9.21 Å². The molecule has 0 spiro atoms. The quantitative estimate of drug-likeness (QED) is 0.550. The zero-order valence-corrected chi connectivity index (χ0v) is 21.1. The largest absolute Gasteiger partial charge is 0.355 e. The normalized spacial score (nSPS) is 16.2. The van der Waals surface area contributed by atoms with E-state index in [1.165, 1.54) is 10.6 Å². The molecule has 182 valence electrons. The first kappa shape index (κ1) is 23.6. The standard InChI is InChI=1S/C28H31N3O3S/c1-20-11-12-24(29-27-10-6-9-23-19-31(35(2,33)34)16-13-25(23)27)18-26(20)21-7-5-8-22(17-21)28(32)30-14-3-4-15-30/h5-12,17-18,29H,3-4,13-16,19H2,1-2H3. The van der Waals surface area contributed by atoms with Gasteiger partial charge in [0.15, 0.2) is 0 Å². The zero-order valence-electron chi connectivity index (χ0n) is 20.3. The summed E-state index contributed by atoms with van der Waals surface area (Å²) in [5.74, 6) is 0.107. The number of aryl methyl sites for hydroxylation is 1. The van der Waals surface area contributed by atoms with Crippen molar-refractivity contribution < 1.29 is 13.2 Å². The second kappa shape index (κ2) is 9.47. The summed E-state index contributed by atoms with van der Waals surface area (Å²) in [6.45, 7) is 4.65. The fourth-order valence-corrected chi connectivity index (χ4v) is 5.87. The molecule has 0 radical (unpaired) electrons. The maximum atomic E-state index is 12.9. The topological polar surface area (TPSA) is 69.7 Å². The van der Waals surface area contributed by atoms with E-state index in [1.54, 1.807) is 0 Å². The first-order chi connectivity index (χ1) is 16.8. The van der Waals surface area contributed by atoms with E-state index in [-0.39, 0.29) is 5.91 Å². The van der Waals surface area contributed by atoms with Crippen LogP contribution >= 0.6 is 0 Å². The summed E-state index contributed by atoms with van der Waals surface area (Å²) < 4.78 is 25.5. The number of nitrogens with zero attached hydrogens (tertiary/aromatic N) is 2. The van der Waals surface area contributed by atoms with Crippen LogP contribution in [0.3, 0.4) is 0 Å². The molecule has 2 aliphatic heterocycles. The maximum Gasteiger partial charge on any atom is 0.253 e. The Balaban J connectivity index is 1.42. The number of sulfonamides is 1.